The van der Waals surface area contributed by atoms with Crippen molar-refractivity contribution < 1.29 is 19.3 Å². The molecule has 5 heteroatoms. The summed E-state index contributed by atoms with van der Waals surface area (Å²) in [6.07, 6.45) is 3.21. The van der Waals surface area contributed by atoms with E-state index in [1.54, 1.807) is 21.1 Å². The van der Waals surface area contributed by atoms with Crippen LogP contribution in [0, 0.1) is 9.49 Å². The topological polar surface area (TPSA) is 47.9 Å². The van der Waals surface area contributed by atoms with E-state index in [0.717, 1.165) is 14.9 Å². The standard InChI is InChI=1S/C16H23IO4/c1-11(16(12(2)18)21-10-19-3)5-6-13-7-8-15(20-4)14(17)9-13/h5-9,11-12,16,18H,10H2,1-4H3/b6-5+/t11-,12-,16-/m0/s1. The van der Waals surface area contributed by atoms with Gasteiger partial charge in [-0.3, -0.25) is 0 Å². The zero-order valence-electron chi connectivity index (χ0n) is 12.9. The Bertz CT molecular complexity index is 460. The third-order valence-corrected chi connectivity index (χ3v) is 3.98. The van der Waals surface area contributed by atoms with Crippen LogP contribution in [0.25, 0.3) is 6.08 Å². The summed E-state index contributed by atoms with van der Waals surface area (Å²) in [5.41, 5.74) is 1.09. The van der Waals surface area contributed by atoms with Crippen molar-refractivity contribution in [3.05, 3.63) is 33.4 Å². The molecule has 1 aromatic rings. The van der Waals surface area contributed by atoms with E-state index in [-0.39, 0.29) is 18.8 Å². The average Bonchev–Trinajstić information content (AvgIpc) is 2.45. The minimum atomic E-state index is -0.559. The maximum absolute atomic E-state index is 9.79. The van der Waals surface area contributed by atoms with Crippen LogP contribution in [0.15, 0.2) is 24.3 Å². The molecule has 0 aliphatic rings. The predicted octanol–water partition coefficient (Wildman–Crippen LogP) is 3.32. The van der Waals surface area contributed by atoms with Gasteiger partial charge in [0.05, 0.1) is 22.9 Å². The molecule has 0 fully saturated rings. The zero-order valence-corrected chi connectivity index (χ0v) is 15.0. The number of aliphatic hydroxyl groups is 1. The van der Waals surface area contributed by atoms with Crippen LogP contribution in [0.2, 0.25) is 0 Å². The quantitative estimate of drug-likeness (QED) is 0.532. The Morgan fingerprint density at radius 3 is 2.52 bits per heavy atom. The SMILES string of the molecule is COCO[C@H]([C@H](C)O)[C@@H](C)/C=C/c1ccc(OC)c(I)c1. The third-order valence-electron chi connectivity index (χ3n) is 3.14. The molecule has 0 aliphatic carbocycles. The highest BCUT2D eigenvalue weighted by molar-refractivity contribution is 14.1. The van der Waals surface area contributed by atoms with Gasteiger partial charge in [-0.2, -0.15) is 0 Å². The van der Waals surface area contributed by atoms with Gasteiger partial charge in [-0.1, -0.05) is 25.1 Å². The summed E-state index contributed by atoms with van der Waals surface area (Å²) >= 11 is 2.25. The van der Waals surface area contributed by atoms with Crippen molar-refractivity contribution in [3.63, 3.8) is 0 Å². The molecule has 0 saturated carbocycles. The first-order chi connectivity index (χ1) is 9.99. The highest BCUT2D eigenvalue weighted by Crippen LogP contribution is 2.23. The molecule has 0 unspecified atom stereocenters. The molecule has 118 valence electrons. The molecule has 0 aromatic heterocycles. The Balaban J connectivity index is 2.75. The first kappa shape index (κ1) is 18.4. The molecule has 4 nitrogen and oxygen atoms in total. The fraction of sp³-hybridized carbons (Fsp3) is 0.500. The Morgan fingerprint density at radius 1 is 1.29 bits per heavy atom. The van der Waals surface area contributed by atoms with Crippen LogP contribution in [0.3, 0.4) is 0 Å². The molecule has 1 aromatic carbocycles. The van der Waals surface area contributed by atoms with Gasteiger partial charge in [-0.05, 0) is 47.2 Å². The zero-order chi connectivity index (χ0) is 15.8. The molecular weight excluding hydrogens is 383 g/mol. The molecule has 1 N–H and O–H groups in total. The average molecular weight is 406 g/mol. The summed E-state index contributed by atoms with van der Waals surface area (Å²) in [7, 11) is 3.23. The highest BCUT2D eigenvalue weighted by Gasteiger charge is 2.21. The van der Waals surface area contributed by atoms with Crippen LogP contribution in [0.5, 0.6) is 5.75 Å². The number of ether oxygens (including phenoxy) is 3. The van der Waals surface area contributed by atoms with Crippen molar-refractivity contribution in [2.45, 2.75) is 26.1 Å². The van der Waals surface area contributed by atoms with E-state index in [4.69, 9.17) is 14.2 Å². The molecule has 0 aliphatic heterocycles. The first-order valence-electron chi connectivity index (χ1n) is 6.80. The maximum atomic E-state index is 9.79. The molecule has 0 saturated heterocycles. The molecule has 0 radical (unpaired) electrons. The number of aliphatic hydroxyl groups excluding tert-OH is 1. The number of hydrogen-bond acceptors (Lipinski definition) is 4. The van der Waals surface area contributed by atoms with Gasteiger partial charge in [0.2, 0.25) is 0 Å². The van der Waals surface area contributed by atoms with Crippen molar-refractivity contribution in [2.75, 3.05) is 21.0 Å². The van der Waals surface area contributed by atoms with Gasteiger partial charge in [0.1, 0.15) is 12.5 Å². The fourth-order valence-electron chi connectivity index (χ4n) is 2.04. The normalized spacial score (nSPS) is 15.9. The van der Waals surface area contributed by atoms with Crippen LogP contribution >= 0.6 is 22.6 Å². The summed E-state index contributed by atoms with van der Waals surface area (Å²) < 4.78 is 16.7. The van der Waals surface area contributed by atoms with Crippen molar-refractivity contribution in [1.29, 1.82) is 0 Å². The van der Waals surface area contributed by atoms with Crippen molar-refractivity contribution in [3.8, 4) is 5.75 Å². The lowest BCUT2D eigenvalue weighted by Gasteiger charge is -2.24. The summed E-state index contributed by atoms with van der Waals surface area (Å²) in [6, 6.07) is 5.99. The minimum absolute atomic E-state index is 0.0694. The lowest BCUT2D eigenvalue weighted by atomic mass is 9.99. The molecule has 0 bridgehead atoms. The Labute approximate surface area is 140 Å². The molecule has 3 atom stereocenters. The van der Waals surface area contributed by atoms with Gasteiger partial charge in [0.15, 0.2) is 0 Å². The highest BCUT2D eigenvalue weighted by atomic mass is 127. The second-order valence-corrected chi connectivity index (χ2v) is 6.05. The van der Waals surface area contributed by atoms with Gasteiger partial charge in [0.25, 0.3) is 0 Å². The smallest absolute Gasteiger partial charge is 0.146 e. The Kier molecular flexibility index (Phi) is 8.24. The summed E-state index contributed by atoms with van der Waals surface area (Å²) in [6.45, 7) is 3.91. The van der Waals surface area contributed by atoms with E-state index < -0.39 is 6.10 Å². The fourth-order valence-corrected chi connectivity index (χ4v) is 2.80. The van der Waals surface area contributed by atoms with Gasteiger partial charge < -0.3 is 19.3 Å². The number of hydrogen-bond donors (Lipinski definition) is 1. The van der Waals surface area contributed by atoms with Gasteiger partial charge in [-0.15, -0.1) is 0 Å². The van der Waals surface area contributed by atoms with Crippen LogP contribution in [-0.2, 0) is 9.47 Å². The van der Waals surface area contributed by atoms with Gasteiger partial charge >= 0.3 is 0 Å². The molecule has 0 heterocycles. The Morgan fingerprint density at radius 2 is 2.00 bits per heavy atom. The number of rotatable bonds is 8. The molecule has 1 rings (SSSR count). The van der Waals surface area contributed by atoms with Crippen molar-refractivity contribution >= 4 is 28.7 Å². The predicted molar refractivity (Wildman–Crippen MR) is 92.3 cm³/mol. The largest absolute Gasteiger partial charge is 0.496 e. The van der Waals surface area contributed by atoms with Crippen LogP contribution < -0.4 is 4.74 Å². The molecular formula is C16H23IO4. The third kappa shape index (κ3) is 5.94. The first-order valence-corrected chi connectivity index (χ1v) is 7.87. The van der Waals surface area contributed by atoms with Gasteiger partial charge in [0, 0.05) is 13.0 Å². The number of halogens is 1. The van der Waals surface area contributed by atoms with E-state index >= 15 is 0 Å². The number of benzene rings is 1. The van der Waals surface area contributed by atoms with Gasteiger partial charge in [-0.25, -0.2) is 0 Å². The molecule has 0 spiro atoms. The summed E-state index contributed by atoms with van der Waals surface area (Å²) in [5.74, 6) is 0.936. The number of methoxy groups -OCH3 is 2. The minimum Gasteiger partial charge on any atom is -0.496 e. The van der Waals surface area contributed by atoms with Crippen LogP contribution in [-0.4, -0.2) is 38.3 Å². The monoisotopic (exact) mass is 406 g/mol. The van der Waals surface area contributed by atoms with E-state index in [0.29, 0.717) is 0 Å². The van der Waals surface area contributed by atoms with Crippen LogP contribution in [0.1, 0.15) is 19.4 Å². The summed E-state index contributed by atoms with van der Waals surface area (Å²) in [4.78, 5) is 0. The molecule has 0 amide bonds. The summed E-state index contributed by atoms with van der Waals surface area (Å²) in [5, 5.41) is 9.79. The van der Waals surface area contributed by atoms with E-state index in [9.17, 15) is 5.11 Å². The van der Waals surface area contributed by atoms with E-state index in [1.807, 2.05) is 31.2 Å². The lowest BCUT2D eigenvalue weighted by molar-refractivity contribution is -0.120. The lowest BCUT2D eigenvalue weighted by Crippen LogP contribution is -2.32. The molecule has 21 heavy (non-hydrogen) atoms. The van der Waals surface area contributed by atoms with E-state index in [2.05, 4.69) is 28.7 Å². The van der Waals surface area contributed by atoms with E-state index in [1.165, 1.54) is 0 Å². The van der Waals surface area contributed by atoms with Crippen molar-refractivity contribution in [2.24, 2.45) is 5.92 Å². The Hall–Kier alpha value is -0.630. The second-order valence-electron chi connectivity index (χ2n) is 4.89. The van der Waals surface area contributed by atoms with Crippen LogP contribution in [0.4, 0.5) is 0 Å². The maximum Gasteiger partial charge on any atom is 0.146 e. The second kappa shape index (κ2) is 9.40. The van der Waals surface area contributed by atoms with Crippen molar-refractivity contribution in [1.82, 2.24) is 0 Å².